The fourth-order valence-corrected chi connectivity index (χ4v) is 6.28. The van der Waals surface area contributed by atoms with Gasteiger partial charge in [-0.2, -0.15) is 18.2 Å². The molecule has 0 bridgehead atoms. The summed E-state index contributed by atoms with van der Waals surface area (Å²) in [6.45, 7) is 2.21. The third kappa shape index (κ3) is 8.15. The normalized spacial score (nSPS) is 14.0. The molecule has 18 heteroatoms. The van der Waals surface area contributed by atoms with Gasteiger partial charge in [0.05, 0.1) is 28.9 Å². The molecule has 0 fully saturated rings. The van der Waals surface area contributed by atoms with Crippen LogP contribution in [0.2, 0.25) is 0 Å². The van der Waals surface area contributed by atoms with E-state index < -0.39 is 52.5 Å². The van der Waals surface area contributed by atoms with Gasteiger partial charge in [-0.3, -0.25) is 9.45 Å². The van der Waals surface area contributed by atoms with Crippen molar-refractivity contribution in [2.24, 2.45) is 0 Å². The maximum Gasteiger partial charge on any atom is 0.418 e. The van der Waals surface area contributed by atoms with Crippen molar-refractivity contribution in [1.82, 2.24) is 19.7 Å². The number of ether oxygens (including phenoxy) is 1. The minimum Gasteiger partial charge on any atom is -0.412 e. The van der Waals surface area contributed by atoms with E-state index in [1.54, 1.807) is 36.6 Å². The first-order valence-electron chi connectivity index (χ1n) is 14.8. The Morgan fingerprint density at radius 1 is 1.20 bits per heavy atom. The van der Waals surface area contributed by atoms with Crippen molar-refractivity contribution in [3.8, 4) is 17.3 Å². The largest absolute Gasteiger partial charge is 0.418 e. The molecule has 0 radical (unpaired) electrons. The Hall–Kier alpha value is -5.19. The van der Waals surface area contributed by atoms with E-state index in [1.165, 1.54) is 65.5 Å². The summed E-state index contributed by atoms with van der Waals surface area (Å²) >= 11 is 1.22. The van der Waals surface area contributed by atoms with Crippen molar-refractivity contribution in [3.05, 3.63) is 112 Å². The maximum atomic E-state index is 15.3. The number of thiazole rings is 1. The summed E-state index contributed by atoms with van der Waals surface area (Å²) in [4.78, 5) is 22.8. The third-order valence-corrected chi connectivity index (χ3v) is 9.27. The molecule has 1 unspecified atom stereocenters. The van der Waals surface area contributed by atoms with Gasteiger partial charge in [0.15, 0.2) is 0 Å². The van der Waals surface area contributed by atoms with Gasteiger partial charge in [-0.15, -0.1) is 16.0 Å². The Labute approximate surface area is 289 Å². The van der Waals surface area contributed by atoms with E-state index in [0.29, 0.717) is 16.3 Å². The highest BCUT2D eigenvalue weighted by molar-refractivity contribution is 7.80. The van der Waals surface area contributed by atoms with Crippen LogP contribution in [0.3, 0.4) is 0 Å². The number of aliphatic hydroxyl groups is 1. The second-order valence-corrected chi connectivity index (χ2v) is 13.1. The highest BCUT2D eigenvalue weighted by atomic mass is 32.3. The van der Waals surface area contributed by atoms with E-state index in [-0.39, 0.29) is 23.5 Å². The van der Waals surface area contributed by atoms with Crippen molar-refractivity contribution < 1.29 is 45.1 Å². The van der Waals surface area contributed by atoms with Gasteiger partial charge < -0.3 is 9.84 Å². The van der Waals surface area contributed by atoms with Crippen LogP contribution in [0.5, 0.6) is 0 Å². The number of hydrogen-bond acceptors (Lipinski definition) is 11. The number of aromatic nitrogens is 5. The number of carbonyl (C=O) groups is 1. The first-order valence-corrected chi connectivity index (χ1v) is 17.0. The third-order valence-electron chi connectivity index (χ3n) is 7.83. The Balaban J connectivity index is 1.37. The number of amides is 1. The van der Waals surface area contributed by atoms with Crippen LogP contribution >= 0.6 is 11.3 Å². The van der Waals surface area contributed by atoms with Crippen LogP contribution in [0, 0.1) is 23.0 Å². The number of carbonyl (C=O) groups excluding carboxylic acids is 1. The molecule has 0 aliphatic carbocycles. The van der Waals surface area contributed by atoms with E-state index in [0.717, 1.165) is 28.7 Å². The average molecular weight is 727 g/mol. The quantitative estimate of drug-likeness (QED) is 0.135. The number of benzene rings is 2. The van der Waals surface area contributed by atoms with Gasteiger partial charge in [-0.05, 0) is 36.4 Å². The molecule has 3 heterocycles. The SMILES string of the molecule is CC(OC(=O)N(C)c1ncccc1COS(=O)(=O)O)[n+]1cnn(C[C@](O)(c2cc(F)ccc2F)[C@@H](C)c2nc(-c3ccc(C#N)cc3)cs2)c1. The summed E-state index contributed by atoms with van der Waals surface area (Å²) in [5, 5.41) is 27.8. The number of nitrogens with zero attached hydrogens (tertiary/aromatic N) is 7. The van der Waals surface area contributed by atoms with Crippen molar-refractivity contribution in [1.29, 1.82) is 5.26 Å². The van der Waals surface area contributed by atoms with Crippen LogP contribution in [-0.4, -0.2) is 51.0 Å². The zero-order valence-corrected chi connectivity index (χ0v) is 28.3. The molecule has 14 nitrogen and oxygen atoms in total. The summed E-state index contributed by atoms with van der Waals surface area (Å²) in [6.07, 6.45) is 2.21. The minimum atomic E-state index is -4.75. The summed E-state index contributed by atoms with van der Waals surface area (Å²) in [5.41, 5.74) is -0.438. The number of anilines is 1. The molecule has 0 saturated heterocycles. The van der Waals surface area contributed by atoms with Crippen molar-refractivity contribution in [2.45, 2.75) is 44.7 Å². The van der Waals surface area contributed by atoms with Crippen LogP contribution in [0.25, 0.3) is 11.3 Å². The van der Waals surface area contributed by atoms with Gasteiger partial charge in [-0.1, -0.05) is 25.1 Å². The molecule has 5 rings (SSSR count). The van der Waals surface area contributed by atoms with Gasteiger partial charge in [0.2, 0.25) is 12.6 Å². The fourth-order valence-electron chi connectivity index (χ4n) is 5.03. The maximum absolute atomic E-state index is 15.3. The molecule has 50 heavy (non-hydrogen) atoms. The van der Waals surface area contributed by atoms with E-state index in [9.17, 15) is 22.7 Å². The van der Waals surface area contributed by atoms with Crippen LogP contribution in [0.15, 0.2) is 78.8 Å². The Kier molecular flexibility index (Phi) is 10.6. The molecule has 2 aromatic carbocycles. The Morgan fingerprint density at radius 3 is 2.64 bits per heavy atom. The molecule has 2 N–H and O–H groups in total. The summed E-state index contributed by atoms with van der Waals surface area (Å²) in [5.74, 6) is -2.47. The molecule has 0 aliphatic rings. The lowest BCUT2D eigenvalue weighted by Crippen LogP contribution is -2.42. The van der Waals surface area contributed by atoms with Crippen LogP contribution in [-0.2, 0) is 38.1 Å². The topological polar surface area (TPSA) is 185 Å². The summed E-state index contributed by atoms with van der Waals surface area (Å²) in [6, 6.07) is 14.6. The predicted octanol–water partition coefficient (Wildman–Crippen LogP) is 4.64. The summed E-state index contributed by atoms with van der Waals surface area (Å²) in [7, 11) is -3.42. The van der Waals surface area contributed by atoms with Crippen molar-refractivity contribution in [2.75, 3.05) is 11.9 Å². The lowest BCUT2D eigenvalue weighted by atomic mass is 9.82. The second-order valence-electron chi connectivity index (χ2n) is 11.1. The first-order chi connectivity index (χ1) is 23.7. The number of hydrogen-bond donors (Lipinski definition) is 2. The fraction of sp³-hybridized carbons (Fsp3) is 0.250. The Morgan fingerprint density at radius 2 is 1.94 bits per heavy atom. The highest BCUT2D eigenvalue weighted by Gasteiger charge is 2.43. The molecule has 5 aromatic rings. The number of pyridine rings is 1. The van der Waals surface area contributed by atoms with E-state index in [1.807, 2.05) is 0 Å². The number of halogens is 2. The first kappa shape index (κ1) is 36.1. The van der Waals surface area contributed by atoms with Gasteiger partial charge in [0.25, 0.3) is 6.33 Å². The monoisotopic (exact) mass is 726 g/mol. The smallest absolute Gasteiger partial charge is 0.412 e. The minimum absolute atomic E-state index is 0.00902. The predicted molar refractivity (Wildman–Crippen MR) is 174 cm³/mol. The van der Waals surface area contributed by atoms with Crippen LogP contribution in [0.4, 0.5) is 19.4 Å². The molecule has 0 spiro atoms. The van der Waals surface area contributed by atoms with Gasteiger partial charge in [-0.25, -0.2) is 27.7 Å². The van der Waals surface area contributed by atoms with Crippen LogP contribution in [0.1, 0.15) is 47.7 Å². The van der Waals surface area contributed by atoms with Gasteiger partial charge in [0.1, 0.15) is 29.6 Å². The molecule has 1 amide bonds. The highest BCUT2D eigenvalue weighted by Crippen LogP contribution is 2.41. The number of nitriles is 1. The molecule has 3 aromatic heterocycles. The van der Waals surface area contributed by atoms with Crippen LogP contribution < -0.4 is 9.47 Å². The Bertz CT molecular complexity index is 2160. The standard InChI is InChI=1S/C32H29F2N7O7S2/c1-20(30-38-28(16-49-30)23-8-6-22(14-35)7-9-23)32(43,26-13-25(33)10-11-27(26)34)17-41-19-40(18-37-41)21(2)48-31(42)39(3)29-24(5-4-12-36-29)15-47-50(44,45)46/h4-13,16,18-21,43H,15,17H2,1-3H3/p+1/t20-,21?,32+/m0/s1. The lowest BCUT2D eigenvalue weighted by Gasteiger charge is -2.32. The van der Waals surface area contributed by atoms with Crippen molar-refractivity contribution >= 4 is 33.6 Å². The van der Waals surface area contributed by atoms with E-state index in [4.69, 9.17) is 14.6 Å². The van der Waals surface area contributed by atoms with E-state index >= 15 is 4.39 Å². The molecule has 260 valence electrons. The zero-order valence-electron chi connectivity index (χ0n) is 26.7. The molecular formula is C32H30F2N7O7S2+. The lowest BCUT2D eigenvalue weighted by molar-refractivity contribution is -0.753. The molecular weight excluding hydrogens is 697 g/mol. The zero-order chi connectivity index (χ0) is 36.2. The van der Waals surface area contributed by atoms with Gasteiger partial charge in [0, 0.05) is 53.3 Å². The average Bonchev–Trinajstić information content (AvgIpc) is 3.78. The second kappa shape index (κ2) is 14.7. The van der Waals surface area contributed by atoms with Gasteiger partial charge >= 0.3 is 16.5 Å². The summed E-state index contributed by atoms with van der Waals surface area (Å²) < 4.78 is 73.4. The number of rotatable bonds is 12. The van der Waals surface area contributed by atoms with Crippen molar-refractivity contribution in [3.63, 3.8) is 0 Å². The molecule has 0 aliphatic heterocycles. The molecule has 3 atom stereocenters. The van der Waals surface area contributed by atoms with E-state index in [2.05, 4.69) is 25.3 Å². The molecule has 0 saturated carbocycles.